The highest BCUT2D eigenvalue weighted by atomic mass is 32.2. The van der Waals surface area contributed by atoms with Crippen LogP contribution in [0.1, 0.15) is 20.7 Å². The zero-order valence-electron chi connectivity index (χ0n) is 11.3. The van der Waals surface area contributed by atoms with E-state index in [-0.39, 0.29) is 16.2 Å². The van der Waals surface area contributed by atoms with E-state index in [1.54, 1.807) is 12.1 Å². The predicted octanol–water partition coefficient (Wildman–Crippen LogP) is -0.368. The zero-order valence-corrected chi connectivity index (χ0v) is 12.1. The van der Waals surface area contributed by atoms with Crippen LogP contribution in [0.5, 0.6) is 0 Å². The lowest BCUT2D eigenvalue weighted by Crippen LogP contribution is -2.37. The Kier molecular flexibility index (Phi) is 3.79. The van der Waals surface area contributed by atoms with Gasteiger partial charge in [0, 0.05) is 14.1 Å². The van der Waals surface area contributed by atoms with Gasteiger partial charge in [-0.3, -0.25) is 9.59 Å². The smallest absolute Gasteiger partial charge is 0.329 e. The number of hydrogen-bond donors (Lipinski definition) is 0. The molecule has 0 N–H and O–H groups in total. The van der Waals surface area contributed by atoms with Crippen molar-refractivity contribution in [3.63, 3.8) is 0 Å². The van der Waals surface area contributed by atoms with E-state index in [1.807, 2.05) is 0 Å². The standard InChI is InChI=1S/C12H12N2O6S/c1-13(2)21(18,19)7-10(15)20-14-11(16)8-5-3-4-6-9(8)12(14)17/h3-6H,7H2,1-2H3. The Labute approximate surface area is 120 Å². The van der Waals surface area contributed by atoms with Gasteiger partial charge >= 0.3 is 5.97 Å². The van der Waals surface area contributed by atoms with E-state index >= 15 is 0 Å². The van der Waals surface area contributed by atoms with E-state index in [9.17, 15) is 22.8 Å². The van der Waals surface area contributed by atoms with Gasteiger partial charge in [0.15, 0.2) is 5.75 Å². The lowest BCUT2D eigenvalue weighted by molar-refractivity contribution is -0.165. The first kappa shape index (κ1) is 15.1. The number of hydrogen-bond acceptors (Lipinski definition) is 6. The van der Waals surface area contributed by atoms with E-state index < -0.39 is 33.6 Å². The topological polar surface area (TPSA) is 101 Å². The van der Waals surface area contributed by atoms with Crippen LogP contribution in [0.25, 0.3) is 0 Å². The highest BCUT2D eigenvalue weighted by Crippen LogP contribution is 2.22. The molecule has 1 aromatic carbocycles. The summed E-state index contributed by atoms with van der Waals surface area (Å²) in [7, 11) is -1.32. The van der Waals surface area contributed by atoms with Crippen LogP contribution in [-0.2, 0) is 19.7 Å². The number of nitrogens with zero attached hydrogens (tertiary/aromatic N) is 2. The number of benzene rings is 1. The van der Waals surface area contributed by atoms with Gasteiger partial charge in [0.05, 0.1) is 11.1 Å². The van der Waals surface area contributed by atoms with E-state index in [0.717, 1.165) is 4.31 Å². The van der Waals surface area contributed by atoms with Crippen LogP contribution in [0, 0.1) is 0 Å². The van der Waals surface area contributed by atoms with E-state index in [0.29, 0.717) is 0 Å². The zero-order chi connectivity index (χ0) is 15.8. The summed E-state index contributed by atoms with van der Waals surface area (Å²) >= 11 is 0. The monoisotopic (exact) mass is 312 g/mol. The van der Waals surface area contributed by atoms with Gasteiger partial charge in [-0.2, -0.15) is 0 Å². The van der Waals surface area contributed by atoms with Crippen LogP contribution in [0.15, 0.2) is 24.3 Å². The average Bonchev–Trinajstić information content (AvgIpc) is 2.64. The van der Waals surface area contributed by atoms with Crippen LogP contribution in [-0.4, -0.2) is 55.4 Å². The van der Waals surface area contributed by atoms with Crippen molar-refractivity contribution in [3.05, 3.63) is 35.4 Å². The number of rotatable bonds is 4. The summed E-state index contributed by atoms with van der Waals surface area (Å²) in [6.07, 6.45) is 0. The molecule has 0 atom stereocenters. The molecule has 0 unspecified atom stereocenters. The Hall–Kier alpha value is -2.26. The summed E-state index contributed by atoms with van der Waals surface area (Å²) in [5.74, 6) is -3.77. The SMILES string of the molecule is CN(C)S(=O)(=O)CC(=O)ON1C(=O)c2ccccc2C1=O. The van der Waals surface area contributed by atoms with Gasteiger partial charge in [0.25, 0.3) is 11.8 Å². The van der Waals surface area contributed by atoms with Gasteiger partial charge < -0.3 is 4.84 Å². The molecule has 1 heterocycles. The molecule has 2 rings (SSSR count). The highest BCUT2D eigenvalue weighted by Gasteiger charge is 2.39. The average molecular weight is 312 g/mol. The van der Waals surface area contributed by atoms with Crippen LogP contribution in [0.2, 0.25) is 0 Å². The van der Waals surface area contributed by atoms with Crippen molar-refractivity contribution in [1.29, 1.82) is 0 Å². The third kappa shape index (κ3) is 2.78. The van der Waals surface area contributed by atoms with Crippen molar-refractivity contribution in [2.24, 2.45) is 0 Å². The molecule has 0 saturated carbocycles. The largest absolute Gasteiger partial charge is 0.349 e. The van der Waals surface area contributed by atoms with Gasteiger partial charge in [0.1, 0.15) is 0 Å². The molecule has 112 valence electrons. The first-order valence-corrected chi connectivity index (χ1v) is 7.44. The lowest BCUT2D eigenvalue weighted by atomic mass is 10.1. The second-order valence-corrected chi connectivity index (χ2v) is 6.63. The van der Waals surface area contributed by atoms with Crippen molar-refractivity contribution < 1.29 is 27.6 Å². The molecule has 9 heteroatoms. The maximum Gasteiger partial charge on any atom is 0.349 e. The summed E-state index contributed by atoms with van der Waals surface area (Å²) in [5, 5.41) is 0.276. The summed E-state index contributed by atoms with van der Waals surface area (Å²) in [4.78, 5) is 40.0. The van der Waals surface area contributed by atoms with Gasteiger partial charge in [-0.25, -0.2) is 17.5 Å². The van der Waals surface area contributed by atoms with Gasteiger partial charge in [-0.1, -0.05) is 17.2 Å². The molecular formula is C12H12N2O6S. The molecule has 0 radical (unpaired) electrons. The lowest BCUT2D eigenvalue weighted by Gasteiger charge is -2.14. The number of fused-ring (bicyclic) bond motifs is 1. The molecule has 0 saturated heterocycles. The Bertz CT molecular complexity index is 690. The van der Waals surface area contributed by atoms with Crippen molar-refractivity contribution in [3.8, 4) is 0 Å². The second-order valence-electron chi connectivity index (χ2n) is 4.45. The minimum Gasteiger partial charge on any atom is -0.329 e. The van der Waals surface area contributed by atoms with Gasteiger partial charge in [-0.05, 0) is 12.1 Å². The molecule has 0 spiro atoms. The molecule has 0 aromatic heterocycles. The fourth-order valence-corrected chi connectivity index (χ4v) is 2.27. The summed E-state index contributed by atoms with van der Waals surface area (Å²) in [5.41, 5.74) is 0.205. The van der Waals surface area contributed by atoms with Crippen molar-refractivity contribution >= 4 is 27.8 Å². The first-order valence-electron chi connectivity index (χ1n) is 5.83. The minimum absolute atomic E-state index is 0.103. The Morgan fingerprint density at radius 3 is 2.05 bits per heavy atom. The van der Waals surface area contributed by atoms with Gasteiger partial charge in [0.2, 0.25) is 10.0 Å². The Morgan fingerprint density at radius 1 is 1.14 bits per heavy atom. The van der Waals surface area contributed by atoms with E-state index in [2.05, 4.69) is 4.84 Å². The molecule has 0 aliphatic carbocycles. The maximum atomic E-state index is 11.9. The molecule has 8 nitrogen and oxygen atoms in total. The quantitative estimate of drug-likeness (QED) is 0.703. The molecule has 0 bridgehead atoms. The van der Waals surface area contributed by atoms with Crippen LogP contribution < -0.4 is 0 Å². The van der Waals surface area contributed by atoms with Crippen LogP contribution in [0.4, 0.5) is 0 Å². The number of imide groups is 1. The second kappa shape index (κ2) is 5.26. The van der Waals surface area contributed by atoms with Crippen molar-refractivity contribution in [2.45, 2.75) is 0 Å². The van der Waals surface area contributed by atoms with Crippen molar-refractivity contribution in [1.82, 2.24) is 9.37 Å². The number of sulfonamides is 1. The molecule has 1 aliphatic rings. The molecule has 21 heavy (non-hydrogen) atoms. The Balaban J connectivity index is 2.14. The molecule has 2 amide bonds. The normalized spacial score (nSPS) is 14.5. The van der Waals surface area contributed by atoms with Gasteiger partial charge in [-0.15, -0.1) is 0 Å². The van der Waals surface area contributed by atoms with E-state index in [4.69, 9.17) is 0 Å². The summed E-state index contributed by atoms with van der Waals surface area (Å²) in [6, 6.07) is 5.96. The predicted molar refractivity (Wildman–Crippen MR) is 70.5 cm³/mol. The molecule has 1 aliphatic heterocycles. The molecular weight excluding hydrogens is 300 g/mol. The third-order valence-electron chi connectivity index (χ3n) is 2.81. The van der Waals surface area contributed by atoms with Crippen molar-refractivity contribution in [2.75, 3.05) is 19.8 Å². The van der Waals surface area contributed by atoms with Crippen LogP contribution in [0.3, 0.4) is 0 Å². The number of amides is 2. The molecule has 1 aromatic rings. The summed E-state index contributed by atoms with van der Waals surface area (Å²) < 4.78 is 23.9. The number of carbonyl (C=O) groups excluding carboxylic acids is 3. The summed E-state index contributed by atoms with van der Waals surface area (Å²) in [6.45, 7) is 0. The fraction of sp³-hybridized carbons (Fsp3) is 0.250. The number of carbonyl (C=O) groups is 3. The maximum absolute atomic E-state index is 11.9. The highest BCUT2D eigenvalue weighted by molar-refractivity contribution is 7.89. The first-order chi connectivity index (χ1) is 9.74. The minimum atomic E-state index is -3.83. The van der Waals surface area contributed by atoms with Crippen LogP contribution >= 0.6 is 0 Å². The third-order valence-corrected chi connectivity index (χ3v) is 4.52. The number of hydroxylamine groups is 2. The van der Waals surface area contributed by atoms with E-state index in [1.165, 1.54) is 26.2 Å². The Morgan fingerprint density at radius 2 is 1.62 bits per heavy atom. The molecule has 0 fully saturated rings. The fourth-order valence-electron chi connectivity index (χ4n) is 1.66.